The van der Waals surface area contributed by atoms with Gasteiger partial charge in [-0.05, 0) is 30.5 Å². The highest BCUT2D eigenvalue weighted by atomic mass is 32.2. The van der Waals surface area contributed by atoms with Gasteiger partial charge in [0.05, 0.1) is 18.8 Å². The van der Waals surface area contributed by atoms with Gasteiger partial charge in [0.25, 0.3) is 0 Å². The van der Waals surface area contributed by atoms with Crippen LogP contribution in [0.25, 0.3) is 10.9 Å². The van der Waals surface area contributed by atoms with Crippen molar-refractivity contribution in [2.24, 2.45) is 0 Å². The zero-order chi connectivity index (χ0) is 20.1. The van der Waals surface area contributed by atoms with E-state index in [1.54, 1.807) is 0 Å². The Morgan fingerprint density at radius 1 is 1.11 bits per heavy atom. The maximum atomic E-state index is 12.4. The van der Waals surface area contributed by atoms with Gasteiger partial charge in [0.1, 0.15) is 0 Å². The van der Waals surface area contributed by atoms with Gasteiger partial charge in [0.15, 0.2) is 0 Å². The third-order valence-electron chi connectivity index (χ3n) is 4.77. The molecule has 28 heavy (non-hydrogen) atoms. The predicted molar refractivity (Wildman–Crippen MR) is 111 cm³/mol. The zero-order valence-corrected chi connectivity index (χ0v) is 16.9. The van der Waals surface area contributed by atoms with Gasteiger partial charge in [-0.1, -0.05) is 48.5 Å². The molecule has 0 aliphatic carbocycles. The first kappa shape index (κ1) is 20.1. The largest absolute Gasteiger partial charge is 0.361 e. The number of carbonyl (C=O) groups excluding carboxylic acids is 1. The maximum absolute atomic E-state index is 12.4. The fourth-order valence-electron chi connectivity index (χ4n) is 3.22. The lowest BCUT2D eigenvalue weighted by molar-refractivity contribution is -0.121. The summed E-state index contributed by atoms with van der Waals surface area (Å²) >= 11 is 0. The summed E-state index contributed by atoms with van der Waals surface area (Å²) in [6.45, 7) is 1.93. The summed E-state index contributed by atoms with van der Waals surface area (Å²) in [5.41, 5.74) is 3.01. The Kier molecular flexibility index (Phi) is 6.16. The lowest BCUT2D eigenvalue weighted by Crippen LogP contribution is -2.41. The van der Waals surface area contributed by atoms with Crippen LogP contribution >= 0.6 is 0 Å². The maximum Gasteiger partial charge on any atom is 0.235 e. The molecule has 0 aliphatic heterocycles. The van der Waals surface area contributed by atoms with E-state index in [9.17, 15) is 13.2 Å². The number of sulfonamides is 1. The zero-order valence-electron chi connectivity index (χ0n) is 16.1. The molecule has 1 atom stereocenters. The number of nitrogens with one attached hydrogen (secondary N) is 2. The molecule has 0 saturated heterocycles. The minimum atomic E-state index is -3.50. The Hall–Kier alpha value is -2.64. The van der Waals surface area contributed by atoms with Crippen molar-refractivity contribution in [1.82, 2.24) is 14.6 Å². The topological polar surface area (TPSA) is 82.3 Å². The average molecular weight is 400 g/mol. The molecule has 3 aromatic rings. The van der Waals surface area contributed by atoms with Gasteiger partial charge in [-0.3, -0.25) is 4.79 Å². The monoisotopic (exact) mass is 399 g/mol. The van der Waals surface area contributed by atoms with Crippen LogP contribution in [0.4, 0.5) is 0 Å². The van der Waals surface area contributed by atoms with Crippen molar-refractivity contribution < 1.29 is 13.2 Å². The summed E-state index contributed by atoms with van der Waals surface area (Å²) in [5, 5.41) is 3.94. The highest BCUT2D eigenvalue weighted by Crippen LogP contribution is 2.19. The number of carbonyl (C=O) groups is 1. The second kappa shape index (κ2) is 8.58. The van der Waals surface area contributed by atoms with Crippen LogP contribution in [0, 0.1) is 0 Å². The third kappa shape index (κ3) is 4.99. The van der Waals surface area contributed by atoms with Gasteiger partial charge in [-0.2, -0.15) is 4.31 Å². The number of fused-ring (bicyclic) bond motifs is 1. The van der Waals surface area contributed by atoms with Crippen molar-refractivity contribution in [1.29, 1.82) is 0 Å². The van der Waals surface area contributed by atoms with Gasteiger partial charge >= 0.3 is 0 Å². The Balaban J connectivity index is 1.64. The van der Waals surface area contributed by atoms with E-state index in [0.717, 1.165) is 28.3 Å². The summed E-state index contributed by atoms with van der Waals surface area (Å²) in [6, 6.07) is 17.3. The Morgan fingerprint density at radius 3 is 2.50 bits per heavy atom. The molecule has 1 unspecified atom stereocenters. The van der Waals surface area contributed by atoms with Crippen molar-refractivity contribution in [3.63, 3.8) is 0 Å². The fourth-order valence-corrected chi connectivity index (χ4v) is 3.99. The quantitative estimate of drug-likeness (QED) is 0.611. The first-order valence-corrected chi connectivity index (χ1v) is 11.0. The van der Waals surface area contributed by atoms with Gasteiger partial charge in [-0.25, -0.2) is 8.42 Å². The number of benzene rings is 2. The van der Waals surface area contributed by atoms with Crippen LogP contribution in [-0.2, 0) is 21.2 Å². The molecule has 2 N–H and O–H groups in total. The summed E-state index contributed by atoms with van der Waals surface area (Å²) in [6.07, 6.45) is 3.55. The third-order valence-corrected chi connectivity index (χ3v) is 6.02. The number of rotatable bonds is 8. The Bertz CT molecular complexity index is 1040. The molecule has 6 nitrogen and oxygen atoms in total. The fraction of sp³-hybridized carbons (Fsp3) is 0.286. The molecule has 0 bridgehead atoms. The molecule has 7 heteroatoms. The number of H-pyrrole nitrogens is 1. The number of hydrogen-bond acceptors (Lipinski definition) is 3. The molecular formula is C21H25N3O3S. The van der Waals surface area contributed by atoms with Gasteiger partial charge in [0.2, 0.25) is 15.9 Å². The van der Waals surface area contributed by atoms with Crippen LogP contribution in [-0.4, -0.2) is 43.0 Å². The average Bonchev–Trinajstić information content (AvgIpc) is 3.08. The van der Waals surface area contributed by atoms with Crippen LogP contribution in [0.15, 0.2) is 60.8 Å². The van der Waals surface area contributed by atoms with E-state index in [1.807, 2.05) is 67.7 Å². The van der Waals surface area contributed by atoms with Crippen LogP contribution in [0.3, 0.4) is 0 Å². The molecule has 0 saturated carbocycles. The summed E-state index contributed by atoms with van der Waals surface area (Å²) in [5.74, 6) is -0.319. The number of aromatic amines is 1. The van der Waals surface area contributed by atoms with E-state index >= 15 is 0 Å². The molecule has 0 fully saturated rings. The second-order valence-corrected chi connectivity index (χ2v) is 8.89. The number of amides is 1. The van der Waals surface area contributed by atoms with Crippen molar-refractivity contribution in [2.45, 2.75) is 19.4 Å². The normalized spacial score (nSPS) is 13.0. The SMILES string of the molecule is CC(NC(=O)CN(CCc1c[nH]c2ccccc12)S(C)(=O)=O)c1ccccc1. The Morgan fingerprint density at radius 2 is 1.79 bits per heavy atom. The van der Waals surface area contributed by atoms with E-state index in [0.29, 0.717) is 6.42 Å². The molecular weight excluding hydrogens is 374 g/mol. The van der Waals surface area contributed by atoms with E-state index in [4.69, 9.17) is 0 Å². The van der Waals surface area contributed by atoms with Gasteiger partial charge < -0.3 is 10.3 Å². The minimum Gasteiger partial charge on any atom is -0.361 e. The molecule has 0 radical (unpaired) electrons. The van der Waals surface area contributed by atoms with Crippen molar-refractivity contribution in [3.05, 3.63) is 71.9 Å². The van der Waals surface area contributed by atoms with Crippen LogP contribution in [0.5, 0.6) is 0 Å². The number of para-hydroxylation sites is 1. The minimum absolute atomic E-state index is 0.191. The molecule has 2 aromatic carbocycles. The first-order chi connectivity index (χ1) is 13.3. The molecule has 0 aliphatic rings. The van der Waals surface area contributed by atoms with Crippen molar-refractivity contribution in [3.8, 4) is 0 Å². The molecule has 1 heterocycles. The molecule has 148 valence electrons. The lowest BCUT2D eigenvalue weighted by atomic mass is 10.1. The second-order valence-electron chi connectivity index (χ2n) is 6.91. The molecule has 1 aromatic heterocycles. The van der Waals surface area contributed by atoms with E-state index < -0.39 is 10.0 Å². The lowest BCUT2D eigenvalue weighted by Gasteiger charge is -2.21. The van der Waals surface area contributed by atoms with Crippen LogP contribution in [0.2, 0.25) is 0 Å². The number of nitrogens with zero attached hydrogens (tertiary/aromatic N) is 1. The first-order valence-electron chi connectivity index (χ1n) is 9.19. The number of aromatic nitrogens is 1. The highest BCUT2D eigenvalue weighted by molar-refractivity contribution is 7.88. The smallest absolute Gasteiger partial charge is 0.235 e. The van der Waals surface area contributed by atoms with Gasteiger partial charge in [-0.15, -0.1) is 0 Å². The molecule has 1 amide bonds. The standard InChI is InChI=1S/C21H25N3O3S/c1-16(17-8-4-3-5-9-17)23-21(25)15-24(28(2,26)27)13-12-18-14-22-20-11-7-6-10-19(18)20/h3-11,14,16,22H,12-13,15H2,1-2H3,(H,23,25). The van der Waals surface area contributed by atoms with Crippen molar-refractivity contribution >= 4 is 26.8 Å². The van der Waals surface area contributed by atoms with Gasteiger partial charge in [0, 0.05) is 23.6 Å². The summed E-state index contributed by atoms with van der Waals surface area (Å²) in [7, 11) is -3.50. The van der Waals surface area contributed by atoms with E-state index in [1.165, 1.54) is 4.31 Å². The van der Waals surface area contributed by atoms with E-state index in [-0.39, 0.29) is 25.0 Å². The Labute approximate surface area is 165 Å². The molecule has 3 rings (SSSR count). The summed E-state index contributed by atoms with van der Waals surface area (Å²) < 4.78 is 25.6. The molecule has 0 spiro atoms. The van der Waals surface area contributed by atoms with Crippen LogP contribution < -0.4 is 5.32 Å². The summed E-state index contributed by atoms with van der Waals surface area (Å²) in [4.78, 5) is 15.6. The van der Waals surface area contributed by atoms with Crippen LogP contribution in [0.1, 0.15) is 24.1 Å². The highest BCUT2D eigenvalue weighted by Gasteiger charge is 2.21. The number of hydrogen-bond donors (Lipinski definition) is 2. The predicted octanol–water partition coefficient (Wildman–Crippen LogP) is 2.85. The van der Waals surface area contributed by atoms with Crippen molar-refractivity contribution in [2.75, 3.05) is 19.3 Å². The van der Waals surface area contributed by atoms with E-state index in [2.05, 4.69) is 10.3 Å².